The SMILES string of the molecule is CCc1ccc(C(=O)CC2(O)C(=O)N(CCOc3ccc(C)cc3)c3ccccc32)cc1. The van der Waals surface area contributed by atoms with Crippen molar-refractivity contribution < 1.29 is 19.4 Å². The Balaban J connectivity index is 1.51. The molecule has 0 spiro atoms. The Morgan fingerprint density at radius 2 is 1.69 bits per heavy atom. The van der Waals surface area contributed by atoms with E-state index in [0.717, 1.165) is 23.3 Å². The Bertz CT molecular complexity index is 1120. The lowest BCUT2D eigenvalue weighted by Crippen LogP contribution is -2.43. The average Bonchev–Trinajstić information content (AvgIpc) is 3.02. The van der Waals surface area contributed by atoms with Gasteiger partial charge in [-0.2, -0.15) is 0 Å². The Morgan fingerprint density at radius 3 is 2.38 bits per heavy atom. The van der Waals surface area contributed by atoms with Gasteiger partial charge >= 0.3 is 0 Å². The molecule has 0 aliphatic carbocycles. The summed E-state index contributed by atoms with van der Waals surface area (Å²) in [4.78, 5) is 27.8. The smallest absolute Gasteiger partial charge is 0.264 e. The highest BCUT2D eigenvalue weighted by Gasteiger charge is 2.50. The lowest BCUT2D eigenvalue weighted by molar-refractivity contribution is -0.135. The first-order chi connectivity index (χ1) is 15.4. The molecule has 3 aromatic carbocycles. The fraction of sp³-hybridized carbons (Fsp3) is 0.259. The van der Waals surface area contributed by atoms with Crippen LogP contribution in [0.5, 0.6) is 5.75 Å². The first kappa shape index (κ1) is 21.8. The highest BCUT2D eigenvalue weighted by molar-refractivity contribution is 6.10. The van der Waals surface area contributed by atoms with Gasteiger partial charge in [0.05, 0.1) is 18.7 Å². The third-order valence-corrected chi connectivity index (χ3v) is 5.94. The van der Waals surface area contributed by atoms with Crippen molar-refractivity contribution in [2.75, 3.05) is 18.1 Å². The van der Waals surface area contributed by atoms with Crippen molar-refractivity contribution in [2.24, 2.45) is 0 Å². The molecule has 1 aliphatic rings. The van der Waals surface area contributed by atoms with Crippen LogP contribution in [-0.4, -0.2) is 29.9 Å². The lowest BCUT2D eigenvalue weighted by Gasteiger charge is -2.23. The first-order valence-corrected chi connectivity index (χ1v) is 10.9. The molecule has 3 aromatic rings. The second-order valence-electron chi connectivity index (χ2n) is 8.15. The number of para-hydroxylation sites is 1. The number of ketones is 1. The summed E-state index contributed by atoms with van der Waals surface area (Å²) in [6.07, 6.45) is 0.577. The lowest BCUT2D eigenvalue weighted by atomic mass is 9.88. The monoisotopic (exact) mass is 429 g/mol. The third kappa shape index (κ3) is 4.16. The number of aryl methyl sites for hydroxylation is 2. The molecule has 1 amide bonds. The quantitative estimate of drug-likeness (QED) is 0.538. The Labute approximate surface area is 188 Å². The number of aliphatic hydroxyl groups is 1. The van der Waals surface area contributed by atoms with Crippen LogP contribution in [0.4, 0.5) is 5.69 Å². The second-order valence-corrected chi connectivity index (χ2v) is 8.15. The molecule has 4 rings (SSSR count). The highest BCUT2D eigenvalue weighted by Crippen LogP contribution is 2.42. The molecule has 0 bridgehead atoms. The van der Waals surface area contributed by atoms with Crippen molar-refractivity contribution in [3.05, 3.63) is 95.1 Å². The molecule has 1 N–H and O–H groups in total. The third-order valence-electron chi connectivity index (χ3n) is 5.94. The summed E-state index contributed by atoms with van der Waals surface area (Å²) in [6, 6.07) is 22.1. The normalized spacial score (nSPS) is 17.3. The maximum Gasteiger partial charge on any atom is 0.264 e. The molecule has 1 unspecified atom stereocenters. The molecule has 164 valence electrons. The molecule has 0 fully saturated rings. The largest absolute Gasteiger partial charge is 0.492 e. The van der Waals surface area contributed by atoms with E-state index in [0.29, 0.717) is 16.8 Å². The maximum atomic E-state index is 13.3. The summed E-state index contributed by atoms with van der Waals surface area (Å²) in [6.45, 7) is 4.59. The number of anilines is 1. The first-order valence-electron chi connectivity index (χ1n) is 10.9. The molecule has 0 saturated carbocycles. The van der Waals surface area contributed by atoms with Crippen LogP contribution < -0.4 is 9.64 Å². The molecular weight excluding hydrogens is 402 g/mol. The number of hydrogen-bond acceptors (Lipinski definition) is 4. The van der Waals surface area contributed by atoms with Crippen LogP contribution in [0.25, 0.3) is 0 Å². The molecule has 32 heavy (non-hydrogen) atoms. The number of carbonyl (C=O) groups excluding carboxylic acids is 2. The van der Waals surface area contributed by atoms with Gasteiger partial charge in [0.1, 0.15) is 12.4 Å². The minimum Gasteiger partial charge on any atom is -0.492 e. The Kier molecular flexibility index (Phi) is 6.10. The van der Waals surface area contributed by atoms with Gasteiger partial charge in [0.2, 0.25) is 0 Å². The van der Waals surface area contributed by atoms with Crippen molar-refractivity contribution in [3.63, 3.8) is 0 Å². The number of amides is 1. The zero-order valence-corrected chi connectivity index (χ0v) is 18.4. The molecule has 0 saturated heterocycles. The summed E-state index contributed by atoms with van der Waals surface area (Å²) in [5.74, 6) is -0.0442. The van der Waals surface area contributed by atoms with Crippen molar-refractivity contribution >= 4 is 17.4 Å². The Morgan fingerprint density at radius 1 is 1.00 bits per heavy atom. The van der Waals surface area contributed by atoms with Crippen LogP contribution in [0, 0.1) is 6.92 Å². The summed E-state index contributed by atoms with van der Waals surface area (Å²) in [5.41, 5.74) is 1.94. The van der Waals surface area contributed by atoms with Crippen molar-refractivity contribution in [3.8, 4) is 5.75 Å². The van der Waals surface area contributed by atoms with E-state index < -0.39 is 11.5 Å². The number of nitrogens with zero attached hydrogens (tertiary/aromatic N) is 1. The van der Waals surface area contributed by atoms with E-state index in [4.69, 9.17) is 4.74 Å². The Hall–Kier alpha value is -3.44. The summed E-state index contributed by atoms with van der Waals surface area (Å²) < 4.78 is 5.78. The van der Waals surface area contributed by atoms with Crippen LogP contribution in [0.3, 0.4) is 0 Å². The standard InChI is InChI=1S/C27H27NO4/c1-3-20-10-12-21(13-11-20)25(29)18-27(31)23-6-4-5-7-24(23)28(26(27)30)16-17-32-22-14-8-19(2)9-15-22/h4-15,31H,3,16-18H2,1-2H3. The van der Waals surface area contributed by atoms with Gasteiger partial charge in [-0.1, -0.05) is 67.1 Å². The van der Waals surface area contributed by atoms with Crippen LogP contribution >= 0.6 is 0 Å². The molecule has 5 nitrogen and oxygen atoms in total. The topological polar surface area (TPSA) is 66.8 Å². The number of Topliss-reactive ketones (excluding diaryl/α,β-unsaturated/α-hetero) is 1. The minimum atomic E-state index is -1.89. The number of rotatable bonds is 8. The van der Waals surface area contributed by atoms with E-state index in [-0.39, 0.29) is 25.4 Å². The molecule has 1 aliphatic heterocycles. The maximum absolute atomic E-state index is 13.3. The van der Waals surface area contributed by atoms with E-state index in [9.17, 15) is 14.7 Å². The van der Waals surface area contributed by atoms with Gasteiger partial charge in [-0.25, -0.2) is 0 Å². The number of hydrogen-bond donors (Lipinski definition) is 1. The van der Waals surface area contributed by atoms with Gasteiger partial charge in [-0.05, 0) is 37.1 Å². The summed E-state index contributed by atoms with van der Waals surface area (Å²) in [5, 5.41) is 11.4. The predicted octanol–water partition coefficient (Wildman–Crippen LogP) is 4.44. The van der Waals surface area contributed by atoms with Gasteiger partial charge < -0.3 is 14.7 Å². The zero-order chi connectivity index (χ0) is 22.7. The zero-order valence-electron chi connectivity index (χ0n) is 18.4. The fourth-order valence-electron chi connectivity index (χ4n) is 4.05. The van der Waals surface area contributed by atoms with Crippen LogP contribution in [-0.2, 0) is 16.8 Å². The highest BCUT2D eigenvalue weighted by atomic mass is 16.5. The van der Waals surface area contributed by atoms with Crippen LogP contribution in [0.15, 0.2) is 72.8 Å². The van der Waals surface area contributed by atoms with Gasteiger partial charge in [-0.3, -0.25) is 9.59 Å². The molecule has 0 aromatic heterocycles. The van der Waals surface area contributed by atoms with Gasteiger partial charge in [-0.15, -0.1) is 0 Å². The second kappa shape index (κ2) is 8.97. The van der Waals surface area contributed by atoms with E-state index >= 15 is 0 Å². The molecule has 5 heteroatoms. The van der Waals surface area contributed by atoms with Gasteiger partial charge in [0.15, 0.2) is 11.4 Å². The van der Waals surface area contributed by atoms with Crippen LogP contribution in [0.1, 0.15) is 40.4 Å². The van der Waals surface area contributed by atoms with Crippen molar-refractivity contribution in [2.45, 2.75) is 32.3 Å². The van der Waals surface area contributed by atoms with E-state index in [2.05, 4.69) is 0 Å². The number of fused-ring (bicyclic) bond motifs is 1. The predicted molar refractivity (Wildman–Crippen MR) is 124 cm³/mol. The van der Waals surface area contributed by atoms with Crippen molar-refractivity contribution in [1.29, 1.82) is 0 Å². The summed E-state index contributed by atoms with van der Waals surface area (Å²) >= 11 is 0. The molecule has 1 atom stereocenters. The number of carbonyl (C=O) groups is 2. The summed E-state index contributed by atoms with van der Waals surface area (Å²) in [7, 11) is 0. The minimum absolute atomic E-state index is 0.268. The van der Waals surface area contributed by atoms with E-state index in [1.807, 2.05) is 56.3 Å². The van der Waals surface area contributed by atoms with Crippen molar-refractivity contribution in [1.82, 2.24) is 0 Å². The van der Waals surface area contributed by atoms with Crippen LogP contribution in [0.2, 0.25) is 0 Å². The van der Waals surface area contributed by atoms with Gasteiger partial charge in [0.25, 0.3) is 5.91 Å². The van der Waals surface area contributed by atoms with E-state index in [1.165, 1.54) is 4.90 Å². The van der Waals surface area contributed by atoms with E-state index in [1.54, 1.807) is 30.3 Å². The fourth-order valence-corrected chi connectivity index (χ4v) is 4.05. The molecule has 1 heterocycles. The molecule has 0 radical (unpaired) electrons. The number of benzene rings is 3. The average molecular weight is 430 g/mol. The number of ether oxygens (including phenoxy) is 1. The molecular formula is C27H27NO4. The van der Waals surface area contributed by atoms with Gasteiger partial charge in [0, 0.05) is 11.1 Å².